The lowest BCUT2D eigenvalue weighted by atomic mass is 10.5. The fraction of sp³-hybridized carbons (Fsp3) is 1.00. The first-order chi connectivity index (χ1) is 6.85. The third-order valence-corrected chi connectivity index (χ3v) is 4.84. The van der Waals surface area contributed by atoms with Crippen LogP contribution in [0.2, 0.25) is 6.04 Å². The highest BCUT2D eigenvalue weighted by molar-refractivity contribution is 6.47. The Morgan fingerprint density at radius 3 is 2.57 bits per heavy atom. The van der Waals surface area contributed by atoms with E-state index in [-0.39, 0.29) is 0 Å². The number of nitrogens with one attached hydrogen (secondary N) is 1. The monoisotopic (exact) mass is 237 g/mol. The highest BCUT2D eigenvalue weighted by Gasteiger charge is 2.13. The van der Waals surface area contributed by atoms with E-state index < -0.39 is 19.3 Å². The fourth-order valence-corrected chi connectivity index (χ4v) is 3.74. The molecule has 0 aliphatic heterocycles. The number of hydrogen-bond donors (Lipinski definition) is 2. The molecule has 0 aliphatic rings. The van der Waals surface area contributed by atoms with Crippen molar-refractivity contribution in [2.45, 2.75) is 12.5 Å². The molecule has 0 bridgehead atoms. The van der Waals surface area contributed by atoms with Gasteiger partial charge in [-0.1, -0.05) is 0 Å². The summed E-state index contributed by atoms with van der Waals surface area (Å²) in [5.41, 5.74) is 5.34. The van der Waals surface area contributed by atoms with Gasteiger partial charge >= 0.3 is 9.53 Å². The predicted molar refractivity (Wildman–Crippen MR) is 60.7 cm³/mol. The lowest BCUT2D eigenvalue weighted by molar-refractivity contribution is 0.204. The van der Waals surface area contributed by atoms with Crippen molar-refractivity contribution in [1.29, 1.82) is 0 Å². The van der Waals surface area contributed by atoms with Gasteiger partial charge in [0.05, 0.1) is 0 Å². The molecule has 5 nitrogen and oxygen atoms in total. The molecule has 0 aromatic heterocycles. The molecule has 7 heteroatoms. The molecule has 85 valence electrons. The van der Waals surface area contributed by atoms with Gasteiger partial charge in [-0.05, 0) is 19.0 Å². The number of hydrogen-bond acceptors (Lipinski definition) is 5. The van der Waals surface area contributed by atoms with Crippen molar-refractivity contribution in [3.63, 3.8) is 0 Å². The third-order valence-electron chi connectivity index (χ3n) is 1.62. The minimum absolute atomic E-state index is 0.468. The molecular weight excluding hydrogens is 216 g/mol. The van der Waals surface area contributed by atoms with E-state index in [1.54, 1.807) is 14.2 Å². The predicted octanol–water partition coefficient (Wildman–Crippen LogP) is -1.28. The van der Waals surface area contributed by atoms with Crippen LogP contribution in [0.1, 0.15) is 6.42 Å². The van der Waals surface area contributed by atoms with Gasteiger partial charge in [-0.2, -0.15) is 0 Å². The van der Waals surface area contributed by atoms with E-state index in [0.29, 0.717) is 6.54 Å². The second-order valence-electron chi connectivity index (χ2n) is 2.75. The Kier molecular flexibility index (Phi) is 11.5. The van der Waals surface area contributed by atoms with Crippen molar-refractivity contribution in [1.82, 2.24) is 5.32 Å². The lowest BCUT2D eigenvalue weighted by Gasteiger charge is -2.09. The van der Waals surface area contributed by atoms with E-state index in [1.807, 2.05) is 0 Å². The maximum absolute atomic E-state index is 5.49. The summed E-state index contributed by atoms with van der Waals surface area (Å²) >= 11 is 0. The molecular formula is C7H21N2O3Si2. The lowest BCUT2D eigenvalue weighted by Crippen LogP contribution is -2.26. The molecule has 0 spiro atoms. The van der Waals surface area contributed by atoms with Gasteiger partial charge in [0.2, 0.25) is 0 Å². The van der Waals surface area contributed by atoms with Crippen LogP contribution >= 0.6 is 0 Å². The minimum atomic E-state index is -1.40. The SMILES string of the molecule is CO[Si](OC)O[SiH2]CCCNCCN. The molecule has 0 aromatic carbocycles. The Balaban J connectivity index is 3.04. The van der Waals surface area contributed by atoms with Gasteiger partial charge in [0.1, 0.15) is 0 Å². The van der Waals surface area contributed by atoms with Crippen LogP contribution in [0, 0.1) is 0 Å². The Hall–Kier alpha value is 0.234. The summed E-state index contributed by atoms with van der Waals surface area (Å²) in [5, 5.41) is 3.24. The molecule has 0 amide bonds. The average Bonchev–Trinajstić information content (AvgIpc) is 2.22. The summed E-state index contributed by atoms with van der Waals surface area (Å²) in [5.74, 6) is 0. The standard InChI is InChI=1S/C7H21N2O3Si2/c1-10-14(11-2)12-13-7-3-5-9-6-4-8/h9H,3-8,13H2,1-2H3. The van der Waals surface area contributed by atoms with E-state index in [4.69, 9.17) is 18.7 Å². The van der Waals surface area contributed by atoms with Gasteiger partial charge in [0.15, 0.2) is 9.76 Å². The van der Waals surface area contributed by atoms with Crippen molar-refractivity contribution in [3.8, 4) is 0 Å². The normalized spacial score (nSPS) is 12.0. The Morgan fingerprint density at radius 1 is 1.29 bits per heavy atom. The minimum Gasteiger partial charge on any atom is -0.419 e. The zero-order valence-electron chi connectivity index (χ0n) is 9.04. The first kappa shape index (κ1) is 14.2. The van der Waals surface area contributed by atoms with E-state index in [9.17, 15) is 0 Å². The summed E-state index contributed by atoms with van der Waals surface area (Å²) in [6.45, 7) is 2.62. The Labute approximate surface area is 90.2 Å². The number of rotatable bonds is 10. The van der Waals surface area contributed by atoms with Gasteiger partial charge in [0.25, 0.3) is 0 Å². The Morgan fingerprint density at radius 2 is 2.00 bits per heavy atom. The van der Waals surface area contributed by atoms with Crippen molar-refractivity contribution in [2.75, 3.05) is 33.9 Å². The first-order valence-electron chi connectivity index (χ1n) is 4.83. The highest BCUT2D eigenvalue weighted by Crippen LogP contribution is 1.92. The smallest absolute Gasteiger partial charge is 0.419 e. The molecule has 0 unspecified atom stereocenters. The van der Waals surface area contributed by atoms with Crippen LogP contribution in [0.4, 0.5) is 0 Å². The fourth-order valence-electron chi connectivity index (χ4n) is 0.936. The van der Waals surface area contributed by atoms with E-state index in [1.165, 1.54) is 0 Å². The first-order valence-corrected chi connectivity index (χ1v) is 7.63. The summed E-state index contributed by atoms with van der Waals surface area (Å²) in [6, 6.07) is 1.15. The third kappa shape index (κ3) is 8.82. The van der Waals surface area contributed by atoms with Crippen LogP contribution in [-0.4, -0.2) is 53.1 Å². The van der Waals surface area contributed by atoms with Crippen LogP contribution in [0.3, 0.4) is 0 Å². The van der Waals surface area contributed by atoms with Crippen molar-refractivity contribution in [2.24, 2.45) is 5.73 Å². The van der Waals surface area contributed by atoms with E-state index in [2.05, 4.69) is 5.32 Å². The molecule has 1 radical (unpaired) electrons. The van der Waals surface area contributed by atoms with Crippen LogP contribution in [0.25, 0.3) is 0 Å². The molecule has 0 fully saturated rings. The largest absolute Gasteiger partial charge is 0.565 e. The van der Waals surface area contributed by atoms with Crippen LogP contribution < -0.4 is 11.1 Å². The summed E-state index contributed by atoms with van der Waals surface area (Å²) < 4.78 is 15.5. The molecule has 3 N–H and O–H groups in total. The zero-order valence-corrected chi connectivity index (χ0v) is 11.5. The molecule has 0 rings (SSSR count). The second kappa shape index (κ2) is 11.3. The topological polar surface area (TPSA) is 65.7 Å². The molecule has 0 saturated carbocycles. The molecule has 0 heterocycles. The molecule has 0 aromatic rings. The average molecular weight is 237 g/mol. The van der Waals surface area contributed by atoms with Crippen LogP contribution in [-0.2, 0) is 13.0 Å². The molecule has 0 saturated heterocycles. The van der Waals surface area contributed by atoms with Crippen molar-refractivity contribution >= 4 is 19.3 Å². The highest BCUT2D eigenvalue weighted by atomic mass is 28.4. The van der Waals surface area contributed by atoms with Crippen LogP contribution in [0.5, 0.6) is 0 Å². The van der Waals surface area contributed by atoms with Crippen LogP contribution in [0.15, 0.2) is 0 Å². The maximum atomic E-state index is 5.49. The maximum Gasteiger partial charge on any atom is 0.565 e. The summed E-state index contributed by atoms with van der Waals surface area (Å²) in [6.07, 6.45) is 1.15. The number of nitrogens with two attached hydrogens (primary N) is 1. The van der Waals surface area contributed by atoms with E-state index >= 15 is 0 Å². The van der Waals surface area contributed by atoms with Gasteiger partial charge in [-0.15, -0.1) is 0 Å². The summed E-state index contributed by atoms with van der Waals surface area (Å²) in [7, 11) is 1.37. The van der Waals surface area contributed by atoms with Gasteiger partial charge in [-0.25, -0.2) is 0 Å². The van der Waals surface area contributed by atoms with Gasteiger partial charge < -0.3 is 24.0 Å². The van der Waals surface area contributed by atoms with Crippen molar-refractivity contribution in [3.05, 3.63) is 0 Å². The van der Waals surface area contributed by atoms with Crippen molar-refractivity contribution < 1.29 is 13.0 Å². The quantitative estimate of drug-likeness (QED) is 0.366. The van der Waals surface area contributed by atoms with Gasteiger partial charge in [0, 0.05) is 27.3 Å². The van der Waals surface area contributed by atoms with Gasteiger partial charge in [-0.3, -0.25) is 0 Å². The second-order valence-corrected chi connectivity index (χ2v) is 6.34. The Bertz CT molecular complexity index is 117. The molecule has 0 aliphatic carbocycles. The molecule has 0 atom stereocenters. The van der Waals surface area contributed by atoms with E-state index in [0.717, 1.165) is 25.6 Å². The zero-order chi connectivity index (χ0) is 10.6. The summed E-state index contributed by atoms with van der Waals surface area (Å²) in [4.78, 5) is 0. The molecule has 14 heavy (non-hydrogen) atoms.